The van der Waals surface area contributed by atoms with Crippen molar-refractivity contribution in [3.8, 4) is 22.6 Å². The molecule has 5 nitrogen and oxygen atoms in total. The summed E-state index contributed by atoms with van der Waals surface area (Å²) in [4.78, 5) is 23.6. The van der Waals surface area contributed by atoms with Crippen LogP contribution in [0.2, 0.25) is 0 Å². The molecule has 1 aliphatic carbocycles. The first-order valence-corrected chi connectivity index (χ1v) is 9.79. The van der Waals surface area contributed by atoms with Crippen LogP contribution in [0.1, 0.15) is 25.0 Å². The molecule has 0 amide bonds. The third-order valence-corrected chi connectivity index (χ3v) is 5.07. The van der Waals surface area contributed by atoms with Gasteiger partial charge in [-0.25, -0.2) is 9.59 Å². The van der Waals surface area contributed by atoms with Crippen molar-refractivity contribution in [2.75, 3.05) is 13.7 Å². The third kappa shape index (κ3) is 4.79. The van der Waals surface area contributed by atoms with E-state index in [1.54, 1.807) is 26.0 Å². The number of methoxy groups -OCH3 is 1. The molecule has 0 fully saturated rings. The number of ether oxygens (including phenoxy) is 3. The van der Waals surface area contributed by atoms with Crippen LogP contribution in [0.4, 0.5) is 0 Å². The molecule has 1 aliphatic rings. The molecular weight excluding hydrogens is 380 g/mol. The second-order valence-electron chi connectivity index (χ2n) is 7.67. The number of hydrogen-bond donors (Lipinski definition) is 0. The fourth-order valence-corrected chi connectivity index (χ4v) is 3.45. The van der Waals surface area contributed by atoms with Crippen LogP contribution in [0.3, 0.4) is 0 Å². The zero-order valence-electron chi connectivity index (χ0n) is 17.6. The van der Waals surface area contributed by atoms with Gasteiger partial charge in [0.25, 0.3) is 0 Å². The minimum Gasteiger partial charge on any atom is -0.493 e. The molecule has 0 aliphatic heterocycles. The SMILES string of the molecule is C=C(C)C(=O)OCC1Cc2ccc(-c3ccc(OC)c(OC(=O)C(=C)C)c3)cc2C1. The molecule has 0 spiro atoms. The van der Waals surface area contributed by atoms with Crippen molar-refractivity contribution >= 4 is 11.9 Å². The van der Waals surface area contributed by atoms with Gasteiger partial charge >= 0.3 is 11.9 Å². The van der Waals surface area contributed by atoms with Crippen molar-refractivity contribution in [1.29, 1.82) is 0 Å². The van der Waals surface area contributed by atoms with E-state index in [2.05, 4.69) is 25.3 Å². The Morgan fingerprint density at radius 3 is 2.20 bits per heavy atom. The lowest BCUT2D eigenvalue weighted by molar-refractivity contribution is -0.140. The van der Waals surface area contributed by atoms with E-state index >= 15 is 0 Å². The number of rotatable bonds is 7. The molecule has 0 saturated heterocycles. The quantitative estimate of drug-likeness (QED) is 0.380. The predicted molar refractivity (Wildman–Crippen MR) is 116 cm³/mol. The number of carbonyl (C=O) groups is 2. The van der Waals surface area contributed by atoms with Crippen LogP contribution < -0.4 is 9.47 Å². The van der Waals surface area contributed by atoms with E-state index < -0.39 is 5.97 Å². The fraction of sp³-hybridized carbons (Fsp3) is 0.280. The zero-order chi connectivity index (χ0) is 21.8. The van der Waals surface area contributed by atoms with Gasteiger partial charge in [0.2, 0.25) is 0 Å². The first kappa shape index (κ1) is 21.4. The summed E-state index contributed by atoms with van der Waals surface area (Å²) in [6.07, 6.45) is 1.73. The van der Waals surface area contributed by atoms with E-state index in [1.165, 1.54) is 18.2 Å². The molecule has 1 unspecified atom stereocenters. The summed E-state index contributed by atoms with van der Waals surface area (Å²) in [5.74, 6) is 0.261. The maximum Gasteiger partial charge on any atom is 0.338 e. The van der Waals surface area contributed by atoms with Crippen LogP contribution in [0.15, 0.2) is 60.7 Å². The summed E-state index contributed by atoms with van der Waals surface area (Å²) < 4.78 is 16.1. The van der Waals surface area contributed by atoms with Gasteiger partial charge in [-0.05, 0) is 61.1 Å². The maximum atomic E-state index is 12.0. The topological polar surface area (TPSA) is 61.8 Å². The van der Waals surface area contributed by atoms with Crippen LogP contribution >= 0.6 is 0 Å². The van der Waals surface area contributed by atoms with E-state index in [0.717, 1.165) is 24.0 Å². The highest BCUT2D eigenvalue weighted by Gasteiger charge is 2.23. The molecule has 5 heteroatoms. The van der Waals surface area contributed by atoms with Crippen LogP contribution in [-0.2, 0) is 27.2 Å². The summed E-state index contributed by atoms with van der Waals surface area (Å²) in [6.45, 7) is 10.9. The highest BCUT2D eigenvalue weighted by Crippen LogP contribution is 2.36. The monoisotopic (exact) mass is 406 g/mol. The molecular formula is C25H26O5. The molecule has 1 atom stereocenters. The highest BCUT2D eigenvalue weighted by molar-refractivity contribution is 5.89. The van der Waals surface area contributed by atoms with E-state index in [9.17, 15) is 9.59 Å². The Hall–Kier alpha value is -3.34. The van der Waals surface area contributed by atoms with Crippen molar-refractivity contribution in [2.24, 2.45) is 5.92 Å². The van der Waals surface area contributed by atoms with Crippen LogP contribution in [0, 0.1) is 5.92 Å². The molecule has 2 aromatic rings. The fourth-order valence-electron chi connectivity index (χ4n) is 3.45. The van der Waals surface area contributed by atoms with Crippen molar-refractivity contribution in [3.05, 3.63) is 71.8 Å². The average Bonchev–Trinajstić information content (AvgIpc) is 3.13. The number of fused-ring (bicyclic) bond motifs is 1. The molecule has 156 valence electrons. The molecule has 0 bridgehead atoms. The average molecular weight is 406 g/mol. The van der Waals surface area contributed by atoms with Gasteiger partial charge in [0.05, 0.1) is 13.7 Å². The first-order valence-electron chi connectivity index (χ1n) is 9.79. The molecule has 0 aromatic heterocycles. The number of carbonyl (C=O) groups excluding carboxylic acids is 2. The van der Waals surface area contributed by atoms with Crippen molar-refractivity contribution < 1.29 is 23.8 Å². The van der Waals surface area contributed by atoms with Gasteiger partial charge in [0.15, 0.2) is 11.5 Å². The number of benzene rings is 2. The minimum atomic E-state index is -0.494. The second kappa shape index (κ2) is 8.99. The Labute approximate surface area is 177 Å². The molecule has 2 aromatic carbocycles. The van der Waals surface area contributed by atoms with Crippen LogP contribution in [0.5, 0.6) is 11.5 Å². The van der Waals surface area contributed by atoms with Crippen LogP contribution in [0.25, 0.3) is 11.1 Å². The van der Waals surface area contributed by atoms with Gasteiger partial charge in [-0.1, -0.05) is 37.4 Å². The molecule has 0 heterocycles. The zero-order valence-corrected chi connectivity index (χ0v) is 17.6. The van der Waals surface area contributed by atoms with E-state index in [0.29, 0.717) is 29.3 Å². The second-order valence-corrected chi connectivity index (χ2v) is 7.67. The van der Waals surface area contributed by atoms with Gasteiger partial charge in [0, 0.05) is 17.1 Å². The summed E-state index contributed by atoms with van der Waals surface area (Å²) in [5, 5.41) is 0. The van der Waals surface area contributed by atoms with Crippen molar-refractivity contribution in [3.63, 3.8) is 0 Å². The molecule has 0 radical (unpaired) electrons. The molecule has 3 rings (SSSR count). The van der Waals surface area contributed by atoms with Crippen molar-refractivity contribution in [2.45, 2.75) is 26.7 Å². The summed E-state index contributed by atoms with van der Waals surface area (Å²) in [6, 6.07) is 11.8. The Morgan fingerprint density at radius 1 is 0.900 bits per heavy atom. The maximum absolute atomic E-state index is 12.0. The Kier molecular flexibility index (Phi) is 6.40. The standard InChI is InChI=1S/C25H26O5/c1-15(2)24(26)29-14-17-10-18-6-7-19(12-21(18)11-17)20-8-9-22(28-5)23(13-20)30-25(27)16(3)4/h6-9,12-13,17H,1,3,10-11,14H2,2,4-5H3. The molecule has 0 N–H and O–H groups in total. The third-order valence-electron chi connectivity index (χ3n) is 5.07. The lowest BCUT2D eigenvalue weighted by Gasteiger charge is -2.12. The largest absolute Gasteiger partial charge is 0.493 e. The summed E-state index contributed by atoms with van der Waals surface area (Å²) in [5.41, 5.74) is 5.16. The van der Waals surface area contributed by atoms with Gasteiger partial charge in [-0.15, -0.1) is 0 Å². The van der Waals surface area contributed by atoms with Gasteiger partial charge in [-0.3, -0.25) is 0 Å². The van der Waals surface area contributed by atoms with Crippen molar-refractivity contribution in [1.82, 2.24) is 0 Å². The molecule has 30 heavy (non-hydrogen) atoms. The Balaban J connectivity index is 1.78. The van der Waals surface area contributed by atoms with Crippen LogP contribution in [-0.4, -0.2) is 25.7 Å². The minimum absolute atomic E-state index is 0.265. The van der Waals surface area contributed by atoms with Gasteiger partial charge < -0.3 is 14.2 Å². The number of hydrogen-bond acceptors (Lipinski definition) is 5. The van der Waals surface area contributed by atoms with Gasteiger partial charge in [0.1, 0.15) is 0 Å². The summed E-state index contributed by atoms with van der Waals surface area (Å²) >= 11 is 0. The lowest BCUT2D eigenvalue weighted by atomic mass is 10.00. The van der Waals surface area contributed by atoms with E-state index in [1.807, 2.05) is 12.1 Å². The first-order chi connectivity index (χ1) is 14.3. The lowest BCUT2D eigenvalue weighted by Crippen LogP contribution is -2.14. The normalized spacial score (nSPS) is 14.6. The van der Waals surface area contributed by atoms with Gasteiger partial charge in [-0.2, -0.15) is 0 Å². The van der Waals surface area contributed by atoms with E-state index in [4.69, 9.17) is 14.2 Å². The predicted octanol–water partition coefficient (Wildman–Crippen LogP) is 4.68. The number of esters is 2. The smallest absolute Gasteiger partial charge is 0.338 e. The summed E-state index contributed by atoms with van der Waals surface area (Å²) in [7, 11) is 1.53. The highest BCUT2D eigenvalue weighted by atomic mass is 16.6. The Bertz CT molecular complexity index is 1020. The molecule has 0 saturated carbocycles. The Morgan fingerprint density at radius 2 is 1.53 bits per heavy atom. The van der Waals surface area contributed by atoms with E-state index in [-0.39, 0.29) is 11.9 Å².